The molecule has 3 unspecified atom stereocenters. The predicted octanol–water partition coefficient (Wildman–Crippen LogP) is -3.31. The number of hydrogen-bond acceptors (Lipinski definition) is 9. The molecule has 0 amide bonds. The molecule has 0 spiro atoms. The van der Waals surface area contributed by atoms with Crippen LogP contribution in [0.15, 0.2) is 0 Å². The molecule has 0 radical (unpaired) electrons. The summed E-state index contributed by atoms with van der Waals surface area (Å²) in [7, 11) is 3.23. The number of rotatable bonds is 2. The Hall–Kier alpha value is -0.650. The van der Waals surface area contributed by atoms with E-state index in [1.807, 2.05) is 0 Å². The Morgan fingerprint density at radius 3 is 2.45 bits per heavy atom. The SMILES string of the molecule is CN[C@@H]1[C@H](O)[C@H](NC)C2O[C@@]3(O)C(=O)CCOC3OC2[C@H]1O. The number of hydrogen-bond donors (Lipinski definition) is 5. The molecule has 126 valence electrons. The quantitative estimate of drug-likeness (QED) is 0.355. The summed E-state index contributed by atoms with van der Waals surface area (Å²) < 4.78 is 16.5. The molecule has 2 aliphatic heterocycles. The Balaban J connectivity index is 1.92. The topological polar surface area (TPSA) is 130 Å². The van der Waals surface area contributed by atoms with Crippen LogP contribution in [0.25, 0.3) is 0 Å². The third kappa shape index (κ3) is 2.21. The van der Waals surface area contributed by atoms with E-state index in [0.29, 0.717) is 0 Å². The molecule has 22 heavy (non-hydrogen) atoms. The van der Waals surface area contributed by atoms with Gasteiger partial charge in [0.05, 0.1) is 24.8 Å². The van der Waals surface area contributed by atoms with Gasteiger partial charge in [-0.3, -0.25) is 4.79 Å². The number of Topliss-reactive ketones (excluding diaryl/α,β-unsaturated/α-hetero) is 1. The first-order valence-corrected chi connectivity index (χ1v) is 7.35. The van der Waals surface area contributed by atoms with Crippen molar-refractivity contribution in [3.8, 4) is 0 Å². The van der Waals surface area contributed by atoms with Crippen molar-refractivity contribution in [1.29, 1.82) is 0 Å². The summed E-state index contributed by atoms with van der Waals surface area (Å²) in [4.78, 5) is 12.0. The van der Waals surface area contributed by atoms with Gasteiger partial charge in [-0.25, -0.2) is 0 Å². The molecule has 8 atom stereocenters. The van der Waals surface area contributed by atoms with Gasteiger partial charge in [-0.2, -0.15) is 0 Å². The molecular formula is C13H22N2O7. The van der Waals surface area contributed by atoms with E-state index in [1.165, 1.54) is 0 Å². The van der Waals surface area contributed by atoms with Crippen LogP contribution in [0.1, 0.15) is 6.42 Å². The highest BCUT2D eigenvalue weighted by Crippen LogP contribution is 2.38. The van der Waals surface area contributed by atoms with E-state index >= 15 is 0 Å². The summed E-state index contributed by atoms with van der Waals surface area (Å²) in [5.74, 6) is -2.74. The lowest BCUT2D eigenvalue weighted by Gasteiger charge is -2.54. The van der Waals surface area contributed by atoms with Gasteiger partial charge in [0.15, 0.2) is 5.78 Å². The molecule has 2 saturated heterocycles. The summed E-state index contributed by atoms with van der Waals surface area (Å²) in [6, 6.07) is -1.28. The van der Waals surface area contributed by atoms with E-state index in [4.69, 9.17) is 14.2 Å². The number of nitrogens with one attached hydrogen (secondary N) is 2. The summed E-state index contributed by atoms with van der Waals surface area (Å²) in [6.07, 6.45) is -5.09. The zero-order valence-corrected chi connectivity index (χ0v) is 12.4. The molecule has 2 heterocycles. The van der Waals surface area contributed by atoms with Gasteiger partial charge in [-0.05, 0) is 14.1 Å². The van der Waals surface area contributed by atoms with Crippen molar-refractivity contribution >= 4 is 5.78 Å². The second kappa shape index (κ2) is 5.77. The number of ether oxygens (including phenoxy) is 3. The number of aliphatic hydroxyl groups is 3. The fourth-order valence-electron chi connectivity index (χ4n) is 3.48. The zero-order chi connectivity index (χ0) is 16.1. The molecule has 5 N–H and O–H groups in total. The van der Waals surface area contributed by atoms with Crippen LogP contribution in [-0.4, -0.2) is 90.4 Å². The normalized spacial score (nSPS) is 52.0. The van der Waals surface area contributed by atoms with Crippen LogP contribution in [0.2, 0.25) is 0 Å². The van der Waals surface area contributed by atoms with Crippen molar-refractivity contribution in [2.45, 2.75) is 55.0 Å². The molecular weight excluding hydrogens is 296 g/mol. The third-order valence-corrected chi connectivity index (χ3v) is 4.70. The van der Waals surface area contributed by atoms with Gasteiger partial charge in [-0.1, -0.05) is 0 Å². The number of fused-ring (bicyclic) bond motifs is 2. The zero-order valence-electron chi connectivity index (χ0n) is 12.4. The third-order valence-electron chi connectivity index (χ3n) is 4.70. The fourth-order valence-corrected chi connectivity index (χ4v) is 3.48. The van der Waals surface area contributed by atoms with Crippen LogP contribution in [0.5, 0.6) is 0 Å². The van der Waals surface area contributed by atoms with Crippen LogP contribution >= 0.6 is 0 Å². The van der Waals surface area contributed by atoms with Crippen molar-refractivity contribution in [1.82, 2.24) is 10.6 Å². The number of aliphatic hydroxyl groups excluding tert-OH is 2. The first-order chi connectivity index (χ1) is 10.4. The van der Waals surface area contributed by atoms with E-state index in [2.05, 4.69) is 10.6 Å². The Bertz CT molecular complexity index is 450. The van der Waals surface area contributed by atoms with Crippen LogP contribution in [0.4, 0.5) is 0 Å². The fraction of sp³-hybridized carbons (Fsp3) is 0.923. The average Bonchev–Trinajstić information content (AvgIpc) is 2.48. The lowest BCUT2D eigenvalue weighted by Crippen LogP contribution is -2.77. The molecule has 9 heteroatoms. The molecule has 0 bridgehead atoms. The standard InChI is InChI=1S/C13H22N2O7/c1-14-6-8(17)7(15-2)10-11(9(6)18)21-12-13(19,22-10)5(16)3-4-20-12/h6-12,14-15,17-19H,3-4H2,1-2H3/t6-,7+,8+,9+,10?,11?,12?,13+/m1/s1. The molecule has 0 aromatic heterocycles. The second-order valence-electron chi connectivity index (χ2n) is 5.87. The molecule has 3 aliphatic rings. The van der Waals surface area contributed by atoms with Crippen LogP contribution in [0.3, 0.4) is 0 Å². The van der Waals surface area contributed by atoms with Crippen molar-refractivity contribution < 1.29 is 34.3 Å². The molecule has 0 aromatic carbocycles. The Labute approximate surface area is 127 Å². The smallest absolute Gasteiger partial charge is 0.280 e. The van der Waals surface area contributed by atoms with Crippen molar-refractivity contribution in [3.63, 3.8) is 0 Å². The second-order valence-corrected chi connectivity index (χ2v) is 5.87. The van der Waals surface area contributed by atoms with Gasteiger partial charge in [0.2, 0.25) is 6.29 Å². The predicted molar refractivity (Wildman–Crippen MR) is 71.8 cm³/mol. The Morgan fingerprint density at radius 1 is 1.14 bits per heavy atom. The average molecular weight is 318 g/mol. The Kier molecular flexibility index (Phi) is 4.25. The first-order valence-electron chi connectivity index (χ1n) is 7.35. The highest BCUT2D eigenvalue weighted by Gasteiger charge is 2.62. The maximum Gasteiger partial charge on any atom is 0.280 e. The molecule has 3 rings (SSSR count). The van der Waals surface area contributed by atoms with Gasteiger partial charge in [0.25, 0.3) is 5.79 Å². The summed E-state index contributed by atoms with van der Waals surface area (Å²) >= 11 is 0. The summed E-state index contributed by atoms with van der Waals surface area (Å²) in [5.41, 5.74) is 0. The van der Waals surface area contributed by atoms with Gasteiger partial charge >= 0.3 is 0 Å². The van der Waals surface area contributed by atoms with E-state index in [0.717, 1.165) is 0 Å². The lowest BCUT2D eigenvalue weighted by molar-refractivity contribution is -0.413. The number of carbonyl (C=O) groups is 1. The van der Waals surface area contributed by atoms with Crippen LogP contribution < -0.4 is 10.6 Å². The summed E-state index contributed by atoms with van der Waals surface area (Å²) in [6.45, 7) is 0.121. The summed E-state index contributed by atoms with van der Waals surface area (Å²) in [5, 5.41) is 37.0. The molecule has 3 fully saturated rings. The van der Waals surface area contributed by atoms with Gasteiger partial charge < -0.3 is 40.2 Å². The largest absolute Gasteiger partial charge is 0.390 e. The first kappa shape index (κ1) is 16.2. The number of ketones is 1. The minimum absolute atomic E-state index is 0.0161. The highest BCUT2D eigenvalue weighted by molar-refractivity contribution is 5.87. The van der Waals surface area contributed by atoms with E-state index in [1.54, 1.807) is 14.1 Å². The molecule has 1 aliphatic carbocycles. The minimum atomic E-state index is -2.21. The number of carbonyl (C=O) groups excluding carboxylic acids is 1. The number of likely N-dealkylation sites (N-methyl/N-ethyl adjacent to an activating group) is 2. The maximum atomic E-state index is 12.0. The van der Waals surface area contributed by atoms with E-state index in [9.17, 15) is 20.1 Å². The van der Waals surface area contributed by atoms with E-state index in [-0.39, 0.29) is 13.0 Å². The lowest BCUT2D eigenvalue weighted by atomic mass is 9.80. The van der Waals surface area contributed by atoms with Crippen molar-refractivity contribution in [2.75, 3.05) is 20.7 Å². The van der Waals surface area contributed by atoms with Crippen LogP contribution in [-0.2, 0) is 19.0 Å². The molecule has 9 nitrogen and oxygen atoms in total. The van der Waals surface area contributed by atoms with Gasteiger partial charge in [0.1, 0.15) is 18.3 Å². The van der Waals surface area contributed by atoms with Gasteiger partial charge in [0, 0.05) is 6.42 Å². The Morgan fingerprint density at radius 2 is 1.82 bits per heavy atom. The highest BCUT2D eigenvalue weighted by atomic mass is 16.8. The molecule has 1 saturated carbocycles. The molecule has 0 aromatic rings. The van der Waals surface area contributed by atoms with Crippen molar-refractivity contribution in [2.24, 2.45) is 0 Å². The van der Waals surface area contributed by atoms with Gasteiger partial charge in [-0.15, -0.1) is 0 Å². The minimum Gasteiger partial charge on any atom is -0.390 e. The van der Waals surface area contributed by atoms with E-state index < -0.39 is 54.4 Å². The monoisotopic (exact) mass is 318 g/mol. The van der Waals surface area contributed by atoms with Crippen LogP contribution in [0, 0.1) is 0 Å². The maximum absolute atomic E-state index is 12.0. The van der Waals surface area contributed by atoms with Crippen molar-refractivity contribution in [3.05, 3.63) is 0 Å².